The molecule has 0 spiro atoms. The van der Waals surface area contributed by atoms with Crippen LogP contribution in [0.25, 0.3) is 0 Å². The van der Waals surface area contributed by atoms with E-state index in [1.165, 1.54) is 6.07 Å². The van der Waals surface area contributed by atoms with Gasteiger partial charge in [-0.25, -0.2) is 0 Å². The number of hydrogen-bond donors (Lipinski definition) is 1. The molecule has 1 unspecified atom stereocenters. The summed E-state index contributed by atoms with van der Waals surface area (Å²) in [6, 6.07) is 5.85. The lowest BCUT2D eigenvalue weighted by Crippen LogP contribution is -2.30. The van der Waals surface area contributed by atoms with E-state index in [0.29, 0.717) is 18.0 Å². The highest BCUT2D eigenvalue weighted by atomic mass is 19.4. The maximum Gasteiger partial charge on any atom is 0.416 e. The van der Waals surface area contributed by atoms with Gasteiger partial charge in [-0.1, -0.05) is 25.1 Å². The molecule has 0 bridgehead atoms. The van der Waals surface area contributed by atoms with Crippen LogP contribution in [0.1, 0.15) is 18.1 Å². The largest absolute Gasteiger partial charge is 0.416 e. The van der Waals surface area contributed by atoms with Crippen molar-refractivity contribution in [1.82, 2.24) is 10.2 Å². The molecule has 0 amide bonds. The lowest BCUT2D eigenvalue weighted by Gasteiger charge is -2.23. The summed E-state index contributed by atoms with van der Waals surface area (Å²) in [5, 5.41) is 3.29. The number of nitrogens with zero attached hydrogens (tertiary/aromatic N) is 1. The predicted octanol–water partition coefficient (Wildman–Crippen LogP) is 2.75. The summed E-state index contributed by atoms with van der Waals surface area (Å²) in [6.45, 7) is 5.86. The molecule has 1 heterocycles. The third-order valence-corrected chi connectivity index (χ3v) is 3.38. The fourth-order valence-corrected chi connectivity index (χ4v) is 2.50. The predicted molar refractivity (Wildman–Crippen MR) is 68.8 cm³/mol. The van der Waals surface area contributed by atoms with Crippen LogP contribution in [0.5, 0.6) is 0 Å². The van der Waals surface area contributed by atoms with Crippen molar-refractivity contribution in [2.45, 2.75) is 19.6 Å². The summed E-state index contributed by atoms with van der Waals surface area (Å²) in [6.07, 6.45) is -4.27. The van der Waals surface area contributed by atoms with Gasteiger partial charge in [0.1, 0.15) is 0 Å². The smallest absolute Gasteiger partial charge is 0.315 e. The Morgan fingerprint density at radius 2 is 2.05 bits per heavy atom. The second kappa shape index (κ2) is 5.92. The van der Waals surface area contributed by atoms with Crippen LogP contribution < -0.4 is 5.32 Å². The molecule has 0 aliphatic carbocycles. The molecule has 1 aliphatic heterocycles. The third kappa shape index (κ3) is 3.94. The molecule has 0 radical (unpaired) electrons. The molecule has 2 nitrogen and oxygen atoms in total. The Morgan fingerprint density at radius 1 is 1.32 bits per heavy atom. The Bertz CT molecular complexity index is 417. The van der Waals surface area contributed by atoms with Gasteiger partial charge in [0, 0.05) is 26.2 Å². The number of halogens is 3. The van der Waals surface area contributed by atoms with Crippen molar-refractivity contribution in [2.75, 3.05) is 26.2 Å². The van der Waals surface area contributed by atoms with Crippen LogP contribution in [0, 0.1) is 5.92 Å². The number of alkyl halides is 3. The maximum atomic E-state index is 12.9. The molecule has 5 heteroatoms. The molecular formula is C14H19F3N2. The Labute approximate surface area is 111 Å². The molecule has 0 saturated carbocycles. The third-order valence-electron chi connectivity index (χ3n) is 3.38. The monoisotopic (exact) mass is 272 g/mol. The van der Waals surface area contributed by atoms with Gasteiger partial charge in [-0.05, 0) is 24.1 Å². The Hall–Kier alpha value is -1.07. The minimum Gasteiger partial charge on any atom is -0.315 e. The van der Waals surface area contributed by atoms with Crippen LogP contribution in [0.2, 0.25) is 0 Å². The first-order chi connectivity index (χ1) is 8.97. The number of hydrogen-bond acceptors (Lipinski definition) is 2. The molecule has 0 aromatic heterocycles. The average Bonchev–Trinajstić information content (AvgIpc) is 2.53. The first-order valence-electron chi connectivity index (χ1n) is 6.55. The van der Waals surface area contributed by atoms with Gasteiger partial charge in [-0.3, -0.25) is 4.90 Å². The molecule has 19 heavy (non-hydrogen) atoms. The van der Waals surface area contributed by atoms with Crippen molar-refractivity contribution in [2.24, 2.45) is 5.92 Å². The van der Waals surface area contributed by atoms with Crippen LogP contribution in [-0.4, -0.2) is 31.1 Å². The molecule has 1 N–H and O–H groups in total. The van der Waals surface area contributed by atoms with Gasteiger partial charge in [0.15, 0.2) is 0 Å². The minimum absolute atomic E-state index is 0.363. The first kappa shape index (κ1) is 14.3. The quantitative estimate of drug-likeness (QED) is 0.890. The summed E-state index contributed by atoms with van der Waals surface area (Å²) in [7, 11) is 0. The van der Waals surface area contributed by atoms with Crippen molar-refractivity contribution >= 4 is 0 Å². The number of nitrogens with one attached hydrogen (secondary N) is 1. The summed E-state index contributed by atoms with van der Waals surface area (Å²) in [4.78, 5) is 2.09. The van der Waals surface area contributed by atoms with Crippen molar-refractivity contribution in [3.05, 3.63) is 35.4 Å². The second-order valence-electron chi connectivity index (χ2n) is 5.20. The van der Waals surface area contributed by atoms with Crippen LogP contribution in [-0.2, 0) is 12.7 Å². The highest BCUT2D eigenvalue weighted by Crippen LogP contribution is 2.32. The van der Waals surface area contributed by atoms with Crippen LogP contribution in [0.15, 0.2) is 24.3 Å². The Morgan fingerprint density at radius 3 is 2.79 bits per heavy atom. The summed E-state index contributed by atoms with van der Waals surface area (Å²) >= 11 is 0. The van der Waals surface area contributed by atoms with E-state index in [0.717, 1.165) is 32.2 Å². The highest BCUT2D eigenvalue weighted by Gasteiger charge is 2.33. The summed E-state index contributed by atoms with van der Waals surface area (Å²) < 4.78 is 38.8. The number of rotatable bonds is 2. The normalized spacial score (nSPS) is 22.2. The topological polar surface area (TPSA) is 15.3 Å². The van der Waals surface area contributed by atoms with Crippen molar-refractivity contribution in [3.8, 4) is 0 Å². The molecule has 1 aliphatic rings. The van der Waals surface area contributed by atoms with Crippen molar-refractivity contribution < 1.29 is 13.2 Å². The van der Waals surface area contributed by atoms with E-state index in [1.54, 1.807) is 12.1 Å². The van der Waals surface area contributed by atoms with Crippen molar-refractivity contribution in [3.63, 3.8) is 0 Å². The first-order valence-corrected chi connectivity index (χ1v) is 6.55. The molecule has 106 valence electrons. The van der Waals surface area contributed by atoms with Gasteiger partial charge in [0.2, 0.25) is 0 Å². The van der Waals surface area contributed by atoms with E-state index < -0.39 is 11.7 Å². The van der Waals surface area contributed by atoms with Crippen LogP contribution in [0.4, 0.5) is 13.2 Å². The lowest BCUT2D eigenvalue weighted by molar-refractivity contribution is -0.138. The molecule has 1 saturated heterocycles. The highest BCUT2D eigenvalue weighted by molar-refractivity contribution is 5.29. The molecule has 1 aromatic rings. The van der Waals surface area contributed by atoms with Gasteiger partial charge >= 0.3 is 6.18 Å². The molecule has 2 rings (SSSR count). The molecule has 1 aromatic carbocycles. The summed E-state index contributed by atoms with van der Waals surface area (Å²) in [5.41, 5.74) is -0.149. The van der Waals surface area contributed by atoms with Gasteiger partial charge in [-0.15, -0.1) is 0 Å². The maximum absolute atomic E-state index is 12.9. The molecule has 1 atom stereocenters. The molecular weight excluding hydrogens is 253 g/mol. The zero-order valence-electron chi connectivity index (χ0n) is 11.0. The van der Waals surface area contributed by atoms with E-state index in [-0.39, 0.29) is 0 Å². The average molecular weight is 272 g/mol. The van der Waals surface area contributed by atoms with Crippen molar-refractivity contribution in [1.29, 1.82) is 0 Å². The van der Waals surface area contributed by atoms with E-state index in [4.69, 9.17) is 0 Å². The molecule has 1 fully saturated rings. The SMILES string of the molecule is CC1CNCCN(Cc2ccccc2C(F)(F)F)C1. The second-order valence-corrected chi connectivity index (χ2v) is 5.20. The zero-order chi connectivity index (χ0) is 13.9. The van der Waals surface area contributed by atoms with E-state index >= 15 is 0 Å². The van der Waals surface area contributed by atoms with Gasteiger partial charge in [0.25, 0.3) is 0 Å². The van der Waals surface area contributed by atoms with E-state index in [1.807, 2.05) is 0 Å². The summed E-state index contributed by atoms with van der Waals surface area (Å²) in [5.74, 6) is 0.459. The fraction of sp³-hybridized carbons (Fsp3) is 0.571. The Kier molecular flexibility index (Phi) is 4.47. The number of benzene rings is 1. The van der Waals surface area contributed by atoms with Crippen LogP contribution >= 0.6 is 0 Å². The zero-order valence-corrected chi connectivity index (χ0v) is 11.0. The lowest BCUT2D eigenvalue weighted by atomic mass is 10.1. The minimum atomic E-state index is -4.27. The standard InChI is InChI=1S/C14H19F3N2/c1-11-8-18-6-7-19(9-11)10-12-4-2-3-5-13(12)14(15,16)17/h2-5,11,18H,6-10H2,1H3. The van der Waals surface area contributed by atoms with E-state index in [2.05, 4.69) is 17.1 Å². The van der Waals surface area contributed by atoms with E-state index in [9.17, 15) is 13.2 Å². The van der Waals surface area contributed by atoms with Gasteiger partial charge in [0.05, 0.1) is 5.56 Å². The van der Waals surface area contributed by atoms with Gasteiger partial charge < -0.3 is 5.32 Å². The van der Waals surface area contributed by atoms with Gasteiger partial charge in [-0.2, -0.15) is 13.2 Å². The fourth-order valence-electron chi connectivity index (χ4n) is 2.50. The van der Waals surface area contributed by atoms with Crippen LogP contribution in [0.3, 0.4) is 0 Å². The Balaban J connectivity index is 2.14.